The van der Waals surface area contributed by atoms with E-state index in [1.165, 1.54) is 4.90 Å². The molecule has 3 aromatic rings. The number of carboxylic acid groups (broad SMARTS) is 1. The Kier molecular flexibility index (Phi) is 4.89. The molecule has 28 heavy (non-hydrogen) atoms. The van der Waals surface area contributed by atoms with Crippen molar-refractivity contribution in [2.24, 2.45) is 0 Å². The van der Waals surface area contributed by atoms with Crippen molar-refractivity contribution >= 4 is 11.9 Å². The van der Waals surface area contributed by atoms with Crippen molar-refractivity contribution in [2.75, 3.05) is 0 Å². The smallest absolute Gasteiger partial charge is 0.326 e. The maximum absolute atomic E-state index is 13.2. The van der Waals surface area contributed by atoms with E-state index in [0.29, 0.717) is 18.4 Å². The van der Waals surface area contributed by atoms with Crippen LogP contribution in [0.3, 0.4) is 0 Å². The Labute approximate surface area is 163 Å². The highest BCUT2D eigenvalue weighted by atomic mass is 16.4. The number of aliphatic carboxylic acids is 1. The van der Waals surface area contributed by atoms with E-state index in [0.717, 1.165) is 16.8 Å². The Morgan fingerprint density at radius 2 is 1.54 bits per heavy atom. The summed E-state index contributed by atoms with van der Waals surface area (Å²) in [6.07, 6.45) is 2.67. The fourth-order valence-corrected chi connectivity index (χ4v) is 3.79. The summed E-state index contributed by atoms with van der Waals surface area (Å²) in [6, 6.07) is 21.5. The van der Waals surface area contributed by atoms with Crippen molar-refractivity contribution in [3.63, 3.8) is 0 Å². The number of carbonyl (C=O) groups excluding carboxylic acids is 1. The Bertz CT molecular complexity index is 972. The minimum absolute atomic E-state index is 0.278. The summed E-state index contributed by atoms with van der Waals surface area (Å²) in [6.45, 7) is 0. The van der Waals surface area contributed by atoms with Gasteiger partial charge < -0.3 is 10.0 Å². The molecule has 2 aromatic carbocycles. The number of pyridine rings is 1. The Morgan fingerprint density at radius 3 is 2.18 bits per heavy atom. The Morgan fingerprint density at radius 1 is 0.857 bits per heavy atom. The van der Waals surface area contributed by atoms with Gasteiger partial charge in [-0.2, -0.15) is 0 Å². The van der Waals surface area contributed by atoms with Crippen molar-refractivity contribution < 1.29 is 14.7 Å². The van der Waals surface area contributed by atoms with Gasteiger partial charge in [-0.25, -0.2) is 4.79 Å². The summed E-state index contributed by atoms with van der Waals surface area (Å²) in [5, 5.41) is 9.62. The number of nitrogens with zero attached hydrogens (tertiary/aromatic N) is 2. The van der Waals surface area contributed by atoms with Gasteiger partial charge in [0.15, 0.2) is 0 Å². The Balaban J connectivity index is 1.64. The van der Waals surface area contributed by atoms with Gasteiger partial charge in [0.2, 0.25) is 0 Å². The molecule has 2 heterocycles. The van der Waals surface area contributed by atoms with Gasteiger partial charge in [0.1, 0.15) is 6.04 Å². The van der Waals surface area contributed by atoms with Crippen LogP contribution < -0.4 is 0 Å². The van der Waals surface area contributed by atoms with Crippen LogP contribution in [0, 0.1) is 0 Å². The zero-order valence-electron chi connectivity index (χ0n) is 15.2. The monoisotopic (exact) mass is 372 g/mol. The third-order valence-corrected chi connectivity index (χ3v) is 5.17. The highest BCUT2D eigenvalue weighted by molar-refractivity contribution is 5.97. The topological polar surface area (TPSA) is 70.5 Å². The van der Waals surface area contributed by atoms with Gasteiger partial charge in [-0.05, 0) is 48.2 Å². The van der Waals surface area contributed by atoms with Crippen LogP contribution in [0.15, 0.2) is 79.0 Å². The summed E-state index contributed by atoms with van der Waals surface area (Å²) < 4.78 is 0. The van der Waals surface area contributed by atoms with Gasteiger partial charge in [-0.1, -0.05) is 48.5 Å². The second-order valence-corrected chi connectivity index (χ2v) is 6.86. The van der Waals surface area contributed by atoms with Gasteiger partial charge in [0.05, 0.1) is 11.7 Å². The van der Waals surface area contributed by atoms with Crippen molar-refractivity contribution in [1.82, 2.24) is 9.88 Å². The molecule has 0 radical (unpaired) electrons. The largest absolute Gasteiger partial charge is 0.480 e. The van der Waals surface area contributed by atoms with Crippen molar-refractivity contribution in [3.8, 4) is 11.1 Å². The number of rotatable bonds is 4. The summed E-state index contributed by atoms with van der Waals surface area (Å²) in [7, 11) is 0. The van der Waals surface area contributed by atoms with Gasteiger partial charge in [0.25, 0.3) is 5.91 Å². The molecule has 4 rings (SSSR count). The third kappa shape index (κ3) is 3.39. The molecule has 1 fully saturated rings. The maximum atomic E-state index is 13.2. The van der Waals surface area contributed by atoms with Gasteiger partial charge >= 0.3 is 5.97 Å². The molecule has 0 bridgehead atoms. The molecule has 1 N–H and O–H groups in total. The molecule has 0 saturated carbocycles. The standard InChI is InChI=1S/C23H20N2O3/c26-22(18-11-9-17(10-12-18)16-6-2-1-3-7-16)25-20(13-14-21(25)23(27)28)19-8-4-5-15-24-19/h1-12,15,20-21H,13-14H2,(H,27,28)/t20?,21-/m0/s1. The molecule has 1 aromatic heterocycles. The van der Waals surface area contributed by atoms with Crippen LogP contribution in [0.2, 0.25) is 0 Å². The van der Waals surface area contributed by atoms with E-state index in [-0.39, 0.29) is 11.9 Å². The van der Waals surface area contributed by atoms with Crippen molar-refractivity contribution in [3.05, 3.63) is 90.3 Å². The number of carbonyl (C=O) groups is 2. The molecule has 1 amide bonds. The molecule has 1 unspecified atom stereocenters. The first-order valence-corrected chi connectivity index (χ1v) is 9.27. The van der Waals surface area contributed by atoms with E-state index < -0.39 is 12.0 Å². The summed E-state index contributed by atoms with van der Waals surface area (Å²) in [5.74, 6) is -1.26. The van der Waals surface area contributed by atoms with Crippen LogP contribution in [-0.4, -0.2) is 32.9 Å². The lowest BCUT2D eigenvalue weighted by Crippen LogP contribution is -2.42. The highest BCUT2D eigenvalue weighted by Gasteiger charge is 2.42. The first-order chi connectivity index (χ1) is 13.6. The number of likely N-dealkylation sites (tertiary alicyclic amines) is 1. The summed E-state index contributed by atoms with van der Waals surface area (Å²) in [5.41, 5.74) is 3.28. The third-order valence-electron chi connectivity index (χ3n) is 5.17. The summed E-state index contributed by atoms with van der Waals surface area (Å²) >= 11 is 0. The average Bonchev–Trinajstić information content (AvgIpc) is 3.20. The van der Waals surface area contributed by atoms with Crippen molar-refractivity contribution in [1.29, 1.82) is 0 Å². The van der Waals surface area contributed by atoms with E-state index in [4.69, 9.17) is 0 Å². The lowest BCUT2D eigenvalue weighted by molar-refractivity contribution is -0.141. The van der Waals surface area contributed by atoms with Crippen LogP contribution >= 0.6 is 0 Å². The molecule has 1 aliphatic heterocycles. The van der Waals surface area contributed by atoms with Gasteiger partial charge in [-0.15, -0.1) is 0 Å². The molecule has 140 valence electrons. The molecule has 5 nitrogen and oxygen atoms in total. The molecule has 2 atom stereocenters. The average molecular weight is 372 g/mol. The van der Waals surface area contributed by atoms with Crippen LogP contribution in [0.25, 0.3) is 11.1 Å². The number of amides is 1. The zero-order valence-corrected chi connectivity index (χ0v) is 15.2. The number of hydrogen-bond donors (Lipinski definition) is 1. The van der Waals surface area contributed by atoms with E-state index in [9.17, 15) is 14.7 Å². The molecular weight excluding hydrogens is 352 g/mol. The van der Waals surface area contributed by atoms with Crippen LogP contribution in [-0.2, 0) is 4.79 Å². The minimum atomic E-state index is -0.979. The fourth-order valence-electron chi connectivity index (χ4n) is 3.79. The number of aromatic nitrogens is 1. The zero-order chi connectivity index (χ0) is 19.5. The lowest BCUT2D eigenvalue weighted by Gasteiger charge is -2.28. The molecule has 1 aliphatic rings. The molecule has 5 heteroatoms. The predicted molar refractivity (Wildman–Crippen MR) is 106 cm³/mol. The van der Waals surface area contributed by atoms with Crippen LogP contribution in [0.5, 0.6) is 0 Å². The number of carboxylic acids is 1. The lowest BCUT2D eigenvalue weighted by atomic mass is 10.0. The number of benzene rings is 2. The first kappa shape index (κ1) is 17.9. The molecular formula is C23H20N2O3. The highest BCUT2D eigenvalue weighted by Crippen LogP contribution is 2.36. The number of hydrogen-bond acceptors (Lipinski definition) is 3. The minimum Gasteiger partial charge on any atom is -0.480 e. The molecule has 0 spiro atoms. The van der Waals surface area contributed by atoms with E-state index in [2.05, 4.69) is 4.98 Å². The second-order valence-electron chi connectivity index (χ2n) is 6.86. The van der Waals surface area contributed by atoms with Gasteiger partial charge in [0, 0.05) is 11.8 Å². The normalized spacial score (nSPS) is 18.8. The predicted octanol–water partition coefficient (Wildman–Crippen LogP) is 4.18. The van der Waals surface area contributed by atoms with Crippen molar-refractivity contribution in [2.45, 2.75) is 24.9 Å². The first-order valence-electron chi connectivity index (χ1n) is 9.27. The quantitative estimate of drug-likeness (QED) is 0.746. The van der Waals surface area contributed by atoms with E-state index >= 15 is 0 Å². The molecule has 1 saturated heterocycles. The SMILES string of the molecule is O=C(O)[C@@H]1CCC(c2ccccn2)N1C(=O)c1ccc(-c2ccccc2)cc1. The van der Waals surface area contributed by atoms with E-state index in [1.54, 1.807) is 18.3 Å². The maximum Gasteiger partial charge on any atom is 0.326 e. The van der Waals surface area contributed by atoms with Crippen LogP contribution in [0.4, 0.5) is 0 Å². The van der Waals surface area contributed by atoms with Gasteiger partial charge in [-0.3, -0.25) is 9.78 Å². The molecule has 0 aliphatic carbocycles. The van der Waals surface area contributed by atoms with E-state index in [1.807, 2.05) is 60.7 Å². The fraction of sp³-hybridized carbons (Fsp3) is 0.174. The van der Waals surface area contributed by atoms with Crippen LogP contribution in [0.1, 0.15) is 34.9 Å². The summed E-state index contributed by atoms with van der Waals surface area (Å²) in [4.78, 5) is 30.8. The Hall–Kier alpha value is -3.47. The second kappa shape index (κ2) is 7.64.